The van der Waals surface area contributed by atoms with E-state index in [4.69, 9.17) is 5.84 Å². The summed E-state index contributed by atoms with van der Waals surface area (Å²) in [5, 5.41) is 0. The van der Waals surface area contributed by atoms with E-state index in [2.05, 4.69) is 5.43 Å². The van der Waals surface area contributed by atoms with Crippen LogP contribution in [-0.4, -0.2) is 26.0 Å². The van der Waals surface area contributed by atoms with Crippen molar-refractivity contribution < 1.29 is 17.2 Å². The van der Waals surface area contributed by atoms with Crippen molar-refractivity contribution >= 4 is 9.84 Å². The molecule has 0 aliphatic rings. The number of nitrogens with one attached hydrogen (secondary N) is 1. The van der Waals surface area contributed by atoms with Crippen molar-refractivity contribution in [3.05, 3.63) is 35.4 Å². The summed E-state index contributed by atoms with van der Waals surface area (Å²) in [6, 6.07) is 3.68. The Labute approximate surface area is 118 Å². The molecule has 0 bridgehead atoms. The minimum Gasteiger partial charge on any atom is -0.271 e. The number of hydrogen-bond acceptors (Lipinski definition) is 4. The smallest absolute Gasteiger partial charge is 0.162 e. The molecule has 0 saturated carbocycles. The molecule has 0 heterocycles. The standard InChI is InChI=1S/C13H20F2N2O2S/c1-2-20(18,19)8-4-6-11(17-16)9-10-5-3-7-12(14)13(10)15/h3,5,7,11,17H,2,4,6,8-9,16H2,1H3. The van der Waals surface area contributed by atoms with Crippen LogP contribution in [0.3, 0.4) is 0 Å². The second-order valence-corrected chi connectivity index (χ2v) is 7.13. The lowest BCUT2D eigenvalue weighted by Gasteiger charge is -2.16. The molecule has 1 aromatic rings. The molecule has 4 nitrogen and oxygen atoms in total. The van der Waals surface area contributed by atoms with Gasteiger partial charge in [0.1, 0.15) is 9.84 Å². The zero-order valence-electron chi connectivity index (χ0n) is 11.4. The van der Waals surface area contributed by atoms with Gasteiger partial charge in [0.25, 0.3) is 0 Å². The zero-order chi connectivity index (χ0) is 15.2. The molecule has 3 N–H and O–H groups in total. The van der Waals surface area contributed by atoms with E-state index < -0.39 is 21.5 Å². The van der Waals surface area contributed by atoms with Gasteiger partial charge in [-0.3, -0.25) is 11.3 Å². The monoisotopic (exact) mass is 306 g/mol. The molecule has 0 spiro atoms. The first-order chi connectivity index (χ1) is 9.39. The maximum Gasteiger partial charge on any atom is 0.162 e. The number of halogens is 2. The SMILES string of the molecule is CCS(=O)(=O)CCCC(Cc1cccc(F)c1F)NN. The van der Waals surface area contributed by atoms with Crippen LogP contribution in [0.4, 0.5) is 8.78 Å². The van der Waals surface area contributed by atoms with Gasteiger partial charge in [-0.05, 0) is 30.9 Å². The van der Waals surface area contributed by atoms with Gasteiger partial charge in [-0.15, -0.1) is 0 Å². The maximum absolute atomic E-state index is 13.5. The van der Waals surface area contributed by atoms with E-state index >= 15 is 0 Å². The van der Waals surface area contributed by atoms with Crippen molar-refractivity contribution in [3.63, 3.8) is 0 Å². The summed E-state index contributed by atoms with van der Waals surface area (Å²) in [6.07, 6.45) is 1.12. The molecule has 7 heteroatoms. The highest BCUT2D eigenvalue weighted by atomic mass is 32.2. The van der Waals surface area contributed by atoms with Gasteiger partial charge < -0.3 is 0 Å². The van der Waals surface area contributed by atoms with Crippen LogP contribution in [0.1, 0.15) is 25.3 Å². The summed E-state index contributed by atoms with van der Waals surface area (Å²) < 4.78 is 49.3. The summed E-state index contributed by atoms with van der Waals surface area (Å²) in [6.45, 7) is 1.59. The molecule has 0 aliphatic heterocycles. The quantitative estimate of drug-likeness (QED) is 0.565. The summed E-state index contributed by atoms with van der Waals surface area (Å²) in [5.74, 6) is 3.78. The van der Waals surface area contributed by atoms with Crippen molar-refractivity contribution in [1.29, 1.82) is 0 Å². The highest BCUT2D eigenvalue weighted by Crippen LogP contribution is 2.15. The molecular formula is C13H20F2N2O2S. The Morgan fingerprint density at radius 3 is 2.65 bits per heavy atom. The first-order valence-electron chi connectivity index (χ1n) is 6.49. The van der Waals surface area contributed by atoms with E-state index in [9.17, 15) is 17.2 Å². The molecule has 0 aliphatic carbocycles. The average molecular weight is 306 g/mol. The fourth-order valence-electron chi connectivity index (χ4n) is 1.91. The van der Waals surface area contributed by atoms with Crippen LogP contribution in [0, 0.1) is 11.6 Å². The molecule has 0 saturated heterocycles. The van der Waals surface area contributed by atoms with Gasteiger partial charge in [-0.2, -0.15) is 0 Å². The maximum atomic E-state index is 13.5. The van der Waals surface area contributed by atoms with Gasteiger partial charge in [-0.1, -0.05) is 19.1 Å². The first-order valence-corrected chi connectivity index (χ1v) is 8.31. The molecule has 1 atom stereocenters. The summed E-state index contributed by atoms with van der Waals surface area (Å²) in [4.78, 5) is 0. The van der Waals surface area contributed by atoms with Gasteiger partial charge in [0.15, 0.2) is 11.6 Å². The number of hydrazine groups is 1. The Bertz CT molecular complexity index is 535. The number of sulfone groups is 1. The zero-order valence-corrected chi connectivity index (χ0v) is 12.2. The lowest BCUT2D eigenvalue weighted by atomic mass is 10.0. The number of hydrogen-bond donors (Lipinski definition) is 2. The average Bonchev–Trinajstić information content (AvgIpc) is 2.42. The predicted octanol–water partition coefficient (Wildman–Crippen LogP) is 1.55. The van der Waals surface area contributed by atoms with E-state index in [0.29, 0.717) is 12.8 Å². The highest BCUT2D eigenvalue weighted by molar-refractivity contribution is 7.91. The third-order valence-corrected chi connectivity index (χ3v) is 4.97. The van der Waals surface area contributed by atoms with E-state index in [1.807, 2.05) is 0 Å². The molecule has 20 heavy (non-hydrogen) atoms. The molecule has 0 amide bonds. The van der Waals surface area contributed by atoms with Gasteiger partial charge in [0.2, 0.25) is 0 Å². The van der Waals surface area contributed by atoms with Crippen LogP contribution in [0.15, 0.2) is 18.2 Å². The van der Waals surface area contributed by atoms with Crippen molar-refractivity contribution in [2.75, 3.05) is 11.5 Å². The van der Waals surface area contributed by atoms with Gasteiger partial charge >= 0.3 is 0 Å². The molecule has 0 radical (unpaired) electrons. The highest BCUT2D eigenvalue weighted by Gasteiger charge is 2.15. The minimum atomic E-state index is -3.01. The summed E-state index contributed by atoms with van der Waals surface area (Å²) in [5.41, 5.74) is 2.75. The molecule has 0 fully saturated rings. The topological polar surface area (TPSA) is 72.2 Å². The summed E-state index contributed by atoms with van der Waals surface area (Å²) in [7, 11) is -3.01. The molecule has 1 unspecified atom stereocenters. The van der Waals surface area contributed by atoms with Crippen molar-refractivity contribution in [2.45, 2.75) is 32.2 Å². The normalized spacial score (nSPS) is 13.4. The van der Waals surface area contributed by atoms with E-state index in [-0.39, 0.29) is 29.5 Å². The van der Waals surface area contributed by atoms with Crippen LogP contribution in [0.25, 0.3) is 0 Å². The van der Waals surface area contributed by atoms with Crippen LogP contribution < -0.4 is 11.3 Å². The predicted molar refractivity (Wildman–Crippen MR) is 74.7 cm³/mol. The van der Waals surface area contributed by atoms with Crippen LogP contribution in [-0.2, 0) is 16.3 Å². The van der Waals surface area contributed by atoms with Crippen LogP contribution in [0.2, 0.25) is 0 Å². The Morgan fingerprint density at radius 1 is 1.35 bits per heavy atom. The fourth-order valence-corrected chi connectivity index (χ4v) is 2.81. The Kier molecular flexibility index (Phi) is 6.51. The Hall–Kier alpha value is -1.05. The van der Waals surface area contributed by atoms with E-state index in [0.717, 1.165) is 6.07 Å². The Balaban J connectivity index is 2.57. The molecule has 114 valence electrons. The molecular weight excluding hydrogens is 286 g/mol. The second kappa shape index (κ2) is 7.66. The lowest BCUT2D eigenvalue weighted by Crippen LogP contribution is -2.37. The first kappa shape index (κ1) is 17.0. The second-order valence-electron chi connectivity index (χ2n) is 4.66. The minimum absolute atomic E-state index is 0.0767. The van der Waals surface area contributed by atoms with Crippen LogP contribution >= 0.6 is 0 Å². The van der Waals surface area contributed by atoms with Gasteiger partial charge in [-0.25, -0.2) is 17.2 Å². The number of nitrogens with two attached hydrogens (primary N) is 1. The van der Waals surface area contributed by atoms with Crippen molar-refractivity contribution in [1.82, 2.24) is 5.43 Å². The third-order valence-electron chi connectivity index (χ3n) is 3.18. The molecule has 1 aromatic carbocycles. The Morgan fingerprint density at radius 2 is 2.05 bits per heavy atom. The lowest BCUT2D eigenvalue weighted by molar-refractivity contribution is 0.457. The van der Waals surface area contributed by atoms with Gasteiger partial charge in [0, 0.05) is 11.8 Å². The molecule has 0 aromatic heterocycles. The number of rotatable bonds is 8. The van der Waals surface area contributed by atoms with Crippen molar-refractivity contribution in [2.24, 2.45) is 5.84 Å². The van der Waals surface area contributed by atoms with E-state index in [1.165, 1.54) is 12.1 Å². The largest absolute Gasteiger partial charge is 0.271 e. The van der Waals surface area contributed by atoms with E-state index in [1.54, 1.807) is 6.92 Å². The third kappa shape index (κ3) is 5.15. The number of benzene rings is 1. The molecule has 1 rings (SSSR count). The fraction of sp³-hybridized carbons (Fsp3) is 0.538. The van der Waals surface area contributed by atoms with Crippen molar-refractivity contribution in [3.8, 4) is 0 Å². The summed E-state index contributed by atoms with van der Waals surface area (Å²) >= 11 is 0. The van der Waals surface area contributed by atoms with Crippen LogP contribution in [0.5, 0.6) is 0 Å². The van der Waals surface area contributed by atoms with Gasteiger partial charge in [0.05, 0.1) is 5.75 Å².